The third-order valence-electron chi connectivity index (χ3n) is 5.26. The second-order valence-electron chi connectivity index (χ2n) is 8.85. The highest BCUT2D eigenvalue weighted by molar-refractivity contribution is 7.92. The number of benzene rings is 2. The molecule has 2 rings (SSSR count). The quantitative estimate of drug-likeness (QED) is 0.525. The minimum atomic E-state index is -3.76. The van der Waals surface area contributed by atoms with Crippen LogP contribution in [0.15, 0.2) is 42.5 Å². The SMILES string of the molecule is CCC(C(=O)NC(C)C)N(Cc1ccc(Cl)cc1)C(=O)CN(c1cc(C)cc(C)c1)S(C)(=O)=O. The topological polar surface area (TPSA) is 86.8 Å². The summed E-state index contributed by atoms with van der Waals surface area (Å²) >= 11 is 6.00. The van der Waals surface area contributed by atoms with E-state index in [1.54, 1.807) is 36.4 Å². The highest BCUT2D eigenvalue weighted by atomic mass is 35.5. The summed E-state index contributed by atoms with van der Waals surface area (Å²) in [5.74, 6) is -0.748. The second-order valence-corrected chi connectivity index (χ2v) is 11.2. The Kier molecular flexibility index (Phi) is 9.53. The van der Waals surface area contributed by atoms with E-state index in [0.29, 0.717) is 17.1 Å². The Hall–Kier alpha value is -2.58. The fraction of sp³-hybridized carbons (Fsp3) is 0.440. The number of hydrogen-bond acceptors (Lipinski definition) is 4. The molecule has 2 amide bonds. The van der Waals surface area contributed by atoms with E-state index in [1.165, 1.54) is 4.90 Å². The maximum absolute atomic E-state index is 13.6. The molecule has 2 aromatic carbocycles. The van der Waals surface area contributed by atoms with Crippen LogP contribution < -0.4 is 9.62 Å². The van der Waals surface area contributed by atoms with E-state index >= 15 is 0 Å². The van der Waals surface area contributed by atoms with Gasteiger partial charge in [0.25, 0.3) is 0 Å². The first-order chi connectivity index (χ1) is 15.8. The van der Waals surface area contributed by atoms with E-state index < -0.39 is 28.5 Å². The van der Waals surface area contributed by atoms with Crippen LogP contribution in [0.2, 0.25) is 5.02 Å². The Labute approximate surface area is 208 Å². The van der Waals surface area contributed by atoms with Crippen LogP contribution in [0.3, 0.4) is 0 Å². The normalized spacial score (nSPS) is 12.4. The van der Waals surface area contributed by atoms with E-state index in [9.17, 15) is 18.0 Å². The summed E-state index contributed by atoms with van der Waals surface area (Å²) in [7, 11) is -3.76. The average Bonchev–Trinajstić information content (AvgIpc) is 2.71. The van der Waals surface area contributed by atoms with Gasteiger partial charge in [0.15, 0.2) is 0 Å². The molecule has 0 bridgehead atoms. The zero-order valence-corrected chi connectivity index (χ0v) is 22.2. The van der Waals surface area contributed by atoms with Crippen molar-refractivity contribution >= 4 is 39.1 Å². The molecule has 0 saturated carbocycles. The van der Waals surface area contributed by atoms with Crippen molar-refractivity contribution in [1.82, 2.24) is 10.2 Å². The number of rotatable bonds is 10. The highest BCUT2D eigenvalue weighted by Crippen LogP contribution is 2.23. The van der Waals surface area contributed by atoms with Crippen molar-refractivity contribution in [3.8, 4) is 0 Å². The molecule has 0 spiro atoms. The van der Waals surface area contributed by atoms with Crippen LogP contribution in [0.1, 0.15) is 43.9 Å². The molecule has 1 atom stereocenters. The minimum absolute atomic E-state index is 0.100. The van der Waals surface area contributed by atoms with Crippen molar-refractivity contribution in [2.75, 3.05) is 17.1 Å². The molecule has 9 heteroatoms. The number of nitrogens with zero attached hydrogens (tertiary/aromatic N) is 2. The fourth-order valence-corrected chi connectivity index (χ4v) is 4.75. The summed E-state index contributed by atoms with van der Waals surface area (Å²) in [5.41, 5.74) is 2.97. The first-order valence-corrected chi connectivity index (χ1v) is 13.4. The van der Waals surface area contributed by atoms with Gasteiger partial charge in [-0.15, -0.1) is 0 Å². The van der Waals surface area contributed by atoms with Crippen LogP contribution in [0, 0.1) is 13.8 Å². The van der Waals surface area contributed by atoms with E-state index in [2.05, 4.69) is 5.32 Å². The number of amides is 2. The van der Waals surface area contributed by atoms with Crippen molar-refractivity contribution in [2.45, 2.75) is 59.7 Å². The van der Waals surface area contributed by atoms with Gasteiger partial charge in [-0.25, -0.2) is 8.42 Å². The van der Waals surface area contributed by atoms with Crippen LogP contribution in [-0.4, -0.2) is 50.0 Å². The largest absolute Gasteiger partial charge is 0.352 e. The number of carbonyl (C=O) groups is 2. The zero-order valence-electron chi connectivity index (χ0n) is 20.6. The Morgan fingerprint density at radius 3 is 2.06 bits per heavy atom. The molecule has 0 saturated heterocycles. The number of aryl methyl sites for hydroxylation is 2. The molecule has 7 nitrogen and oxygen atoms in total. The molecule has 0 aliphatic rings. The standard InChI is InChI=1S/C25H34ClN3O4S/c1-7-23(25(31)27-17(2)3)28(15-20-8-10-21(26)11-9-20)24(30)16-29(34(6,32)33)22-13-18(4)12-19(5)14-22/h8-14,17,23H,7,15-16H2,1-6H3,(H,27,31). The van der Waals surface area contributed by atoms with Crippen molar-refractivity contribution in [2.24, 2.45) is 0 Å². The van der Waals surface area contributed by atoms with Crippen LogP contribution in [0.4, 0.5) is 5.69 Å². The van der Waals surface area contributed by atoms with Gasteiger partial charge in [-0.2, -0.15) is 0 Å². The molecular weight excluding hydrogens is 474 g/mol. The summed E-state index contributed by atoms with van der Waals surface area (Å²) in [6.45, 7) is 8.99. The molecule has 0 aromatic heterocycles. The first-order valence-electron chi connectivity index (χ1n) is 11.2. The van der Waals surface area contributed by atoms with Crippen molar-refractivity contribution < 1.29 is 18.0 Å². The van der Waals surface area contributed by atoms with Gasteiger partial charge in [-0.3, -0.25) is 13.9 Å². The molecule has 0 aliphatic heterocycles. The number of carbonyl (C=O) groups excluding carboxylic acids is 2. The molecule has 186 valence electrons. The van der Waals surface area contributed by atoms with Crippen LogP contribution >= 0.6 is 11.6 Å². The highest BCUT2D eigenvalue weighted by Gasteiger charge is 2.32. The Bertz CT molecular complexity index is 1100. The maximum atomic E-state index is 13.6. The van der Waals surface area contributed by atoms with Crippen LogP contribution in [-0.2, 0) is 26.2 Å². The number of nitrogens with one attached hydrogen (secondary N) is 1. The lowest BCUT2D eigenvalue weighted by Gasteiger charge is -2.33. The van der Waals surface area contributed by atoms with Gasteiger partial charge >= 0.3 is 0 Å². The van der Waals surface area contributed by atoms with Gasteiger partial charge in [0.2, 0.25) is 21.8 Å². The van der Waals surface area contributed by atoms with E-state index in [1.807, 2.05) is 40.7 Å². The van der Waals surface area contributed by atoms with E-state index in [4.69, 9.17) is 11.6 Å². The predicted octanol–water partition coefficient (Wildman–Crippen LogP) is 4.05. The molecular formula is C25H34ClN3O4S. The maximum Gasteiger partial charge on any atom is 0.244 e. The van der Waals surface area contributed by atoms with Crippen molar-refractivity contribution in [3.05, 3.63) is 64.2 Å². The summed E-state index contributed by atoms with van der Waals surface area (Å²) in [4.78, 5) is 28.0. The second kappa shape index (κ2) is 11.7. The number of hydrogen-bond donors (Lipinski definition) is 1. The van der Waals surface area contributed by atoms with Crippen molar-refractivity contribution in [3.63, 3.8) is 0 Å². The van der Waals surface area contributed by atoms with Gasteiger partial charge in [0.05, 0.1) is 11.9 Å². The zero-order chi connectivity index (χ0) is 25.6. The van der Waals surface area contributed by atoms with E-state index in [0.717, 1.165) is 27.3 Å². The molecule has 1 N–H and O–H groups in total. The van der Waals surface area contributed by atoms with Gasteiger partial charge < -0.3 is 10.2 Å². The Morgan fingerprint density at radius 1 is 1.03 bits per heavy atom. The number of anilines is 1. The van der Waals surface area contributed by atoms with Crippen LogP contribution in [0.5, 0.6) is 0 Å². The average molecular weight is 508 g/mol. The number of sulfonamides is 1. The molecule has 0 radical (unpaired) electrons. The lowest BCUT2D eigenvalue weighted by Crippen LogP contribution is -2.53. The van der Waals surface area contributed by atoms with Gasteiger partial charge in [0.1, 0.15) is 12.6 Å². The van der Waals surface area contributed by atoms with Gasteiger partial charge in [0, 0.05) is 17.6 Å². The number of halogens is 1. The Balaban J connectivity index is 2.46. The summed E-state index contributed by atoms with van der Waals surface area (Å²) in [6.07, 6.45) is 1.45. The van der Waals surface area contributed by atoms with Crippen molar-refractivity contribution in [1.29, 1.82) is 0 Å². The monoisotopic (exact) mass is 507 g/mol. The van der Waals surface area contributed by atoms with Crippen LogP contribution in [0.25, 0.3) is 0 Å². The predicted molar refractivity (Wildman–Crippen MR) is 137 cm³/mol. The third-order valence-corrected chi connectivity index (χ3v) is 6.65. The van der Waals surface area contributed by atoms with Gasteiger partial charge in [-0.05, 0) is 75.1 Å². The summed E-state index contributed by atoms with van der Waals surface area (Å²) < 4.78 is 26.5. The minimum Gasteiger partial charge on any atom is -0.352 e. The molecule has 0 aliphatic carbocycles. The summed E-state index contributed by atoms with van der Waals surface area (Å²) in [6, 6.07) is 11.5. The molecule has 2 aromatic rings. The Morgan fingerprint density at radius 2 is 1.59 bits per heavy atom. The summed E-state index contributed by atoms with van der Waals surface area (Å²) in [5, 5.41) is 3.43. The molecule has 0 fully saturated rings. The third kappa shape index (κ3) is 7.74. The molecule has 0 heterocycles. The molecule has 34 heavy (non-hydrogen) atoms. The lowest BCUT2D eigenvalue weighted by molar-refractivity contribution is -0.140. The molecule has 1 unspecified atom stereocenters. The smallest absolute Gasteiger partial charge is 0.244 e. The lowest BCUT2D eigenvalue weighted by atomic mass is 10.1. The van der Waals surface area contributed by atoms with E-state index in [-0.39, 0.29) is 18.5 Å². The fourth-order valence-electron chi connectivity index (χ4n) is 3.80. The first kappa shape index (κ1) is 27.7. The van der Waals surface area contributed by atoms with Gasteiger partial charge in [-0.1, -0.05) is 36.7 Å².